The SMILES string of the molecule is COC(=O)C1=C(C)NC2=C(C(=O)c3ccccc32)[C@@H]1c1cc(OC)c(OCc2ccc(Br)cc2)cc1Br. The summed E-state index contributed by atoms with van der Waals surface area (Å²) in [7, 11) is 2.90. The van der Waals surface area contributed by atoms with Crippen LogP contribution in [0.5, 0.6) is 11.5 Å². The molecule has 0 radical (unpaired) electrons. The summed E-state index contributed by atoms with van der Waals surface area (Å²) < 4.78 is 18.6. The third kappa shape index (κ3) is 4.49. The Morgan fingerprint density at radius 3 is 2.35 bits per heavy atom. The van der Waals surface area contributed by atoms with Crippen molar-refractivity contribution in [3.8, 4) is 11.5 Å². The average molecular weight is 625 g/mol. The van der Waals surface area contributed by atoms with E-state index in [0.717, 1.165) is 15.6 Å². The van der Waals surface area contributed by atoms with E-state index in [9.17, 15) is 9.59 Å². The van der Waals surface area contributed by atoms with Gasteiger partial charge in [0.25, 0.3) is 0 Å². The number of hydrogen-bond donors (Lipinski definition) is 1. The second-order valence-corrected chi connectivity index (χ2v) is 10.5. The number of dihydropyridines is 1. The number of benzene rings is 3. The summed E-state index contributed by atoms with van der Waals surface area (Å²) in [5.74, 6) is -0.288. The Bertz CT molecular complexity index is 1490. The summed E-state index contributed by atoms with van der Waals surface area (Å²) in [6, 6.07) is 18.9. The fraction of sp³-hybridized carbons (Fsp3) is 0.172. The van der Waals surface area contributed by atoms with Crippen LogP contribution in [0.3, 0.4) is 0 Å². The molecule has 0 fully saturated rings. The highest BCUT2D eigenvalue weighted by Crippen LogP contribution is 2.50. The van der Waals surface area contributed by atoms with Gasteiger partial charge >= 0.3 is 5.97 Å². The highest BCUT2D eigenvalue weighted by molar-refractivity contribution is 9.10. The first-order chi connectivity index (χ1) is 17.8. The number of nitrogens with one attached hydrogen (secondary N) is 1. The quantitative estimate of drug-likeness (QED) is 0.314. The van der Waals surface area contributed by atoms with Crippen molar-refractivity contribution in [3.63, 3.8) is 0 Å². The first-order valence-corrected chi connectivity index (χ1v) is 13.1. The third-order valence-corrected chi connectivity index (χ3v) is 7.77. The van der Waals surface area contributed by atoms with Gasteiger partial charge in [-0.15, -0.1) is 0 Å². The number of halogens is 2. The van der Waals surface area contributed by atoms with Crippen LogP contribution in [0.15, 0.2) is 86.5 Å². The number of hydrogen-bond acceptors (Lipinski definition) is 6. The van der Waals surface area contributed by atoms with Crippen LogP contribution in [0.1, 0.15) is 39.9 Å². The Morgan fingerprint density at radius 2 is 1.68 bits per heavy atom. The van der Waals surface area contributed by atoms with Crippen LogP contribution in [-0.4, -0.2) is 26.0 Å². The van der Waals surface area contributed by atoms with Crippen LogP contribution in [0.25, 0.3) is 5.70 Å². The zero-order valence-electron chi connectivity index (χ0n) is 20.4. The van der Waals surface area contributed by atoms with E-state index in [4.69, 9.17) is 14.2 Å². The molecule has 2 aliphatic rings. The molecular weight excluding hydrogens is 602 g/mol. The molecule has 1 N–H and O–H groups in total. The molecule has 1 aliphatic heterocycles. The molecule has 1 aliphatic carbocycles. The van der Waals surface area contributed by atoms with Crippen molar-refractivity contribution in [2.75, 3.05) is 14.2 Å². The molecule has 1 heterocycles. The molecular formula is C29H23Br2NO5. The molecule has 0 spiro atoms. The molecule has 0 saturated carbocycles. The first kappa shape index (κ1) is 25.3. The van der Waals surface area contributed by atoms with Crippen LogP contribution in [0.2, 0.25) is 0 Å². The zero-order chi connectivity index (χ0) is 26.3. The molecule has 1 atom stereocenters. The summed E-state index contributed by atoms with van der Waals surface area (Å²) in [6.45, 7) is 2.16. The lowest BCUT2D eigenvalue weighted by molar-refractivity contribution is -0.136. The minimum absolute atomic E-state index is 0.126. The average Bonchev–Trinajstić information content (AvgIpc) is 3.18. The Balaban J connectivity index is 1.60. The summed E-state index contributed by atoms with van der Waals surface area (Å²) in [4.78, 5) is 26.7. The van der Waals surface area contributed by atoms with Crippen molar-refractivity contribution in [3.05, 3.63) is 109 Å². The fourth-order valence-electron chi connectivity index (χ4n) is 4.81. The normalized spacial score (nSPS) is 16.2. The Kier molecular flexibility index (Phi) is 6.96. The van der Waals surface area contributed by atoms with Gasteiger partial charge in [-0.1, -0.05) is 68.3 Å². The van der Waals surface area contributed by atoms with E-state index in [1.54, 1.807) is 13.2 Å². The lowest BCUT2D eigenvalue weighted by Gasteiger charge is -2.30. The fourth-order valence-corrected chi connectivity index (χ4v) is 5.62. The largest absolute Gasteiger partial charge is 0.493 e. The van der Waals surface area contributed by atoms with Crippen LogP contribution in [0.4, 0.5) is 0 Å². The molecule has 0 saturated heterocycles. The number of carbonyl (C=O) groups is 2. The van der Waals surface area contributed by atoms with Crippen LogP contribution < -0.4 is 14.8 Å². The standard InChI is InChI=1S/C29H23Br2NO5/c1-15-24(29(34)36-3)25(26-27(32-15)18-6-4-5-7-19(18)28(26)33)20-12-22(35-2)23(13-21(20)31)37-14-16-8-10-17(30)11-9-16/h4-13,25,32H,14H2,1-3H3/t25-/m1/s1. The minimum atomic E-state index is -0.674. The van der Waals surface area contributed by atoms with Gasteiger partial charge in [0.15, 0.2) is 17.3 Å². The molecule has 0 unspecified atom stereocenters. The Labute approximate surface area is 231 Å². The number of fused-ring (bicyclic) bond motifs is 2. The molecule has 37 heavy (non-hydrogen) atoms. The van der Waals surface area contributed by atoms with Gasteiger partial charge in [-0.2, -0.15) is 0 Å². The molecule has 5 rings (SSSR count). The second kappa shape index (κ2) is 10.2. The molecule has 0 bridgehead atoms. The Hall–Kier alpha value is -3.36. The van der Waals surface area contributed by atoms with Crippen LogP contribution in [0, 0.1) is 0 Å². The van der Waals surface area contributed by atoms with Gasteiger partial charge < -0.3 is 19.5 Å². The summed E-state index contributed by atoms with van der Waals surface area (Å²) >= 11 is 7.12. The third-order valence-electron chi connectivity index (χ3n) is 6.56. The van der Waals surface area contributed by atoms with Gasteiger partial charge in [-0.25, -0.2) is 4.79 Å². The predicted molar refractivity (Wildman–Crippen MR) is 147 cm³/mol. The van der Waals surface area contributed by atoms with Crippen LogP contribution >= 0.6 is 31.9 Å². The van der Waals surface area contributed by atoms with Gasteiger partial charge in [-0.3, -0.25) is 4.79 Å². The number of ketones is 1. The monoisotopic (exact) mass is 623 g/mol. The second-order valence-electron chi connectivity index (χ2n) is 8.69. The number of allylic oxidation sites excluding steroid dienone is 2. The van der Waals surface area contributed by atoms with E-state index in [1.807, 2.05) is 61.5 Å². The molecule has 8 heteroatoms. The van der Waals surface area contributed by atoms with Gasteiger partial charge in [0.05, 0.1) is 31.4 Å². The van der Waals surface area contributed by atoms with E-state index in [1.165, 1.54) is 7.11 Å². The first-order valence-electron chi connectivity index (χ1n) is 11.5. The van der Waals surface area contributed by atoms with Crippen molar-refractivity contribution in [1.82, 2.24) is 5.32 Å². The number of carbonyl (C=O) groups excluding carboxylic acids is 2. The van der Waals surface area contributed by atoms with Crippen molar-refractivity contribution in [2.45, 2.75) is 19.4 Å². The number of methoxy groups -OCH3 is 2. The molecule has 3 aromatic rings. The van der Waals surface area contributed by atoms with Crippen molar-refractivity contribution in [1.29, 1.82) is 0 Å². The van der Waals surface area contributed by atoms with Crippen LogP contribution in [-0.2, 0) is 16.1 Å². The van der Waals surface area contributed by atoms with Gasteiger partial charge in [0.2, 0.25) is 0 Å². The zero-order valence-corrected chi connectivity index (χ0v) is 23.5. The summed E-state index contributed by atoms with van der Waals surface area (Å²) in [5.41, 5.74) is 5.31. The lowest BCUT2D eigenvalue weighted by atomic mass is 9.79. The highest BCUT2D eigenvalue weighted by Gasteiger charge is 2.43. The number of ether oxygens (including phenoxy) is 3. The van der Waals surface area contributed by atoms with Crippen molar-refractivity contribution >= 4 is 49.3 Å². The van der Waals surface area contributed by atoms with E-state index >= 15 is 0 Å². The van der Waals surface area contributed by atoms with Gasteiger partial charge in [-0.05, 0) is 42.3 Å². The predicted octanol–water partition coefficient (Wildman–Crippen LogP) is 6.54. The summed E-state index contributed by atoms with van der Waals surface area (Å²) in [5, 5.41) is 3.29. The smallest absolute Gasteiger partial charge is 0.336 e. The van der Waals surface area contributed by atoms with E-state index < -0.39 is 11.9 Å². The topological polar surface area (TPSA) is 73.9 Å². The lowest BCUT2D eigenvalue weighted by Crippen LogP contribution is -2.29. The molecule has 188 valence electrons. The number of rotatable bonds is 6. The summed E-state index contributed by atoms with van der Waals surface area (Å²) in [6.07, 6.45) is 0. The van der Waals surface area contributed by atoms with Crippen molar-refractivity contribution < 1.29 is 23.8 Å². The maximum absolute atomic E-state index is 13.6. The van der Waals surface area contributed by atoms with Gasteiger partial charge in [0.1, 0.15) is 6.61 Å². The minimum Gasteiger partial charge on any atom is -0.493 e. The maximum Gasteiger partial charge on any atom is 0.336 e. The maximum atomic E-state index is 13.6. The highest BCUT2D eigenvalue weighted by atomic mass is 79.9. The number of esters is 1. The van der Waals surface area contributed by atoms with E-state index in [2.05, 4.69) is 37.2 Å². The van der Waals surface area contributed by atoms with E-state index in [-0.39, 0.29) is 5.78 Å². The Morgan fingerprint density at radius 1 is 0.973 bits per heavy atom. The molecule has 3 aromatic carbocycles. The molecule has 0 aromatic heterocycles. The molecule has 6 nitrogen and oxygen atoms in total. The van der Waals surface area contributed by atoms with Gasteiger partial charge in [0, 0.05) is 31.3 Å². The molecule has 0 amide bonds. The van der Waals surface area contributed by atoms with E-state index in [0.29, 0.717) is 56.2 Å². The van der Waals surface area contributed by atoms with Crippen molar-refractivity contribution in [2.24, 2.45) is 0 Å². The number of Topliss-reactive ketones (excluding diaryl/α,β-unsaturated/α-hetero) is 1.